The van der Waals surface area contributed by atoms with Gasteiger partial charge in [-0.3, -0.25) is 4.79 Å². The Hall–Kier alpha value is -2.73. The molecule has 0 bridgehead atoms. The van der Waals surface area contributed by atoms with Crippen LogP contribution in [0.5, 0.6) is 5.75 Å². The zero-order chi connectivity index (χ0) is 19.7. The summed E-state index contributed by atoms with van der Waals surface area (Å²) in [5, 5.41) is 7.92. The molecular formula is C22H23N3O2S. The maximum Gasteiger partial charge on any atom is 0.260 e. The van der Waals surface area contributed by atoms with Crippen molar-refractivity contribution in [3.8, 4) is 11.4 Å². The molecule has 0 aliphatic carbocycles. The summed E-state index contributed by atoms with van der Waals surface area (Å²) in [6.07, 6.45) is 0. The first-order chi connectivity index (χ1) is 13.6. The first-order valence-electron chi connectivity index (χ1n) is 9.37. The fourth-order valence-corrected chi connectivity index (χ4v) is 4.50. The van der Waals surface area contributed by atoms with Crippen LogP contribution in [0.2, 0.25) is 0 Å². The van der Waals surface area contributed by atoms with E-state index in [2.05, 4.69) is 37.4 Å². The first-order valence-corrected chi connectivity index (χ1v) is 10.5. The highest BCUT2D eigenvalue weighted by Gasteiger charge is 2.26. The molecule has 144 valence electrons. The van der Waals surface area contributed by atoms with Crippen LogP contribution in [0.15, 0.2) is 42.5 Å². The molecule has 0 fully saturated rings. The van der Waals surface area contributed by atoms with E-state index >= 15 is 0 Å². The lowest BCUT2D eigenvalue weighted by atomic mass is 10.1. The SMILES string of the molecule is CCOc1ccccc1C(=O)Nc1c2c(nn1-c1ccc(C)cc1C)CSC2. The summed E-state index contributed by atoms with van der Waals surface area (Å²) >= 11 is 1.82. The van der Waals surface area contributed by atoms with Crippen molar-refractivity contribution in [3.63, 3.8) is 0 Å². The smallest absolute Gasteiger partial charge is 0.260 e. The van der Waals surface area contributed by atoms with Crippen LogP contribution in [0.25, 0.3) is 5.69 Å². The lowest BCUT2D eigenvalue weighted by Gasteiger charge is -2.15. The molecular weight excluding hydrogens is 370 g/mol. The number of anilines is 1. The van der Waals surface area contributed by atoms with Gasteiger partial charge in [-0.25, -0.2) is 4.68 Å². The molecule has 28 heavy (non-hydrogen) atoms. The van der Waals surface area contributed by atoms with Crippen LogP contribution >= 0.6 is 11.8 Å². The minimum atomic E-state index is -0.185. The van der Waals surface area contributed by atoms with Crippen molar-refractivity contribution in [2.24, 2.45) is 0 Å². The molecule has 0 spiro atoms. The number of hydrogen-bond donors (Lipinski definition) is 1. The van der Waals surface area contributed by atoms with E-state index in [1.165, 1.54) is 5.56 Å². The van der Waals surface area contributed by atoms with Gasteiger partial charge in [0.2, 0.25) is 0 Å². The van der Waals surface area contributed by atoms with E-state index in [0.717, 1.165) is 39.8 Å². The van der Waals surface area contributed by atoms with Crippen LogP contribution in [-0.2, 0) is 11.5 Å². The van der Waals surface area contributed by atoms with E-state index in [4.69, 9.17) is 9.84 Å². The Balaban J connectivity index is 1.75. The summed E-state index contributed by atoms with van der Waals surface area (Å²) in [6, 6.07) is 13.6. The van der Waals surface area contributed by atoms with Gasteiger partial charge in [-0.1, -0.05) is 29.8 Å². The second kappa shape index (κ2) is 7.72. The highest BCUT2D eigenvalue weighted by atomic mass is 32.2. The normalized spacial score (nSPS) is 12.7. The molecule has 5 nitrogen and oxygen atoms in total. The Morgan fingerprint density at radius 2 is 2.04 bits per heavy atom. The van der Waals surface area contributed by atoms with Crippen LogP contribution in [0.4, 0.5) is 5.82 Å². The fourth-order valence-electron chi connectivity index (χ4n) is 3.47. The molecule has 0 unspecified atom stereocenters. The zero-order valence-electron chi connectivity index (χ0n) is 16.3. The van der Waals surface area contributed by atoms with Gasteiger partial charge in [0, 0.05) is 17.1 Å². The van der Waals surface area contributed by atoms with Gasteiger partial charge in [0.05, 0.1) is 23.6 Å². The Morgan fingerprint density at radius 3 is 2.82 bits per heavy atom. The van der Waals surface area contributed by atoms with Gasteiger partial charge >= 0.3 is 0 Å². The highest BCUT2D eigenvalue weighted by molar-refractivity contribution is 7.98. The van der Waals surface area contributed by atoms with Crippen molar-refractivity contribution in [3.05, 3.63) is 70.4 Å². The Morgan fingerprint density at radius 1 is 1.21 bits per heavy atom. The van der Waals surface area contributed by atoms with E-state index in [9.17, 15) is 4.79 Å². The van der Waals surface area contributed by atoms with E-state index in [1.54, 1.807) is 6.07 Å². The van der Waals surface area contributed by atoms with Crippen LogP contribution < -0.4 is 10.1 Å². The predicted octanol–water partition coefficient (Wildman–Crippen LogP) is 4.89. The monoisotopic (exact) mass is 393 g/mol. The average molecular weight is 394 g/mol. The number of amides is 1. The number of aryl methyl sites for hydroxylation is 2. The molecule has 0 saturated heterocycles. The van der Waals surface area contributed by atoms with Crippen molar-refractivity contribution in [2.75, 3.05) is 11.9 Å². The Labute approximate surface area is 169 Å². The van der Waals surface area contributed by atoms with Crippen molar-refractivity contribution < 1.29 is 9.53 Å². The Kier molecular flexibility index (Phi) is 5.13. The molecule has 0 atom stereocenters. The number of carbonyl (C=O) groups excluding carboxylic acids is 1. The van der Waals surface area contributed by atoms with Crippen molar-refractivity contribution in [1.29, 1.82) is 0 Å². The molecule has 1 N–H and O–H groups in total. The van der Waals surface area contributed by atoms with Gasteiger partial charge in [-0.05, 0) is 44.5 Å². The summed E-state index contributed by atoms with van der Waals surface area (Å²) < 4.78 is 7.51. The summed E-state index contributed by atoms with van der Waals surface area (Å²) in [5.41, 5.74) is 5.98. The molecule has 2 aromatic carbocycles. The Bertz CT molecular complexity index is 1040. The van der Waals surface area contributed by atoms with Crippen LogP contribution in [0.1, 0.15) is 39.7 Å². The summed E-state index contributed by atoms with van der Waals surface area (Å²) in [4.78, 5) is 13.1. The number of carbonyl (C=O) groups is 1. The molecule has 4 rings (SSSR count). The standard InChI is InChI=1S/C22H23N3O2S/c1-4-27-20-8-6-5-7-16(20)22(26)23-21-17-12-28-13-18(17)24-25(21)19-10-9-14(2)11-15(19)3/h5-11H,4,12-13H2,1-3H3,(H,23,26). The maximum absolute atomic E-state index is 13.1. The minimum Gasteiger partial charge on any atom is -0.493 e. The number of hydrogen-bond acceptors (Lipinski definition) is 4. The number of fused-ring (bicyclic) bond motifs is 1. The number of nitrogens with one attached hydrogen (secondary N) is 1. The molecule has 1 aliphatic rings. The molecule has 1 amide bonds. The number of benzene rings is 2. The zero-order valence-corrected chi connectivity index (χ0v) is 17.1. The van der Waals surface area contributed by atoms with Gasteiger partial charge in [0.15, 0.2) is 0 Å². The van der Waals surface area contributed by atoms with Gasteiger partial charge in [-0.15, -0.1) is 0 Å². The first kappa shape index (κ1) is 18.6. The third-order valence-electron chi connectivity index (χ3n) is 4.80. The number of para-hydroxylation sites is 1. The summed E-state index contributed by atoms with van der Waals surface area (Å²) in [6.45, 7) is 6.56. The number of thioether (sulfide) groups is 1. The van der Waals surface area contributed by atoms with Crippen LogP contribution in [-0.4, -0.2) is 22.3 Å². The minimum absolute atomic E-state index is 0.185. The molecule has 0 radical (unpaired) electrons. The lowest BCUT2D eigenvalue weighted by Crippen LogP contribution is -2.17. The van der Waals surface area contributed by atoms with E-state index in [-0.39, 0.29) is 5.91 Å². The number of rotatable bonds is 5. The number of aromatic nitrogens is 2. The number of nitrogens with zero attached hydrogens (tertiary/aromatic N) is 2. The summed E-state index contributed by atoms with van der Waals surface area (Å²) in [7, 11) is 0. The predicted molar refractivity (Wildman–Crippen MR) is 114 cm³/mol. The van der Waals surface area contributed by atoms with Crippen molar-refractivity contribution >= 4 is 23.5 Å². The third kappa shape index (κ3) is 3.40. The van der Waals surface area contributed by atoms with Crippen molar-refractivity contribution in [1.82, 2.24) is 9.78 Å². The van der Waals surface area contributed by atoms with E-state index < -0.39 is 0 Å². The average Bonchev–Trinajstić information content (AvgIpc) is 3.25. The van der Waals surface area contributed by atoms with E-state index in [0.29, 0.717) is 17.9 Å². The fraction of sp³-hybridized carbons (Fsp3) is 0.273. The molecule has 1 aliphatic heterocycles. The molecule has 3 aromatic rings. The highest BCUT2D eigenvalue weighted by Crippen LogP contribution is 2.37. The van der Waals surface area contributed by atoms with Gasteiger partial charge in [0.1, 0.15) is 11.6 Å². The molecule has 2 heterocycles. The van der Waals surface area contributed by atoms with Gasteiger partial charge < -0.3 is 10.1 Å². The quantitative estimate of drug-likeness (QED) is 0.671. The van der Waals surface area contributed by atoms with E-state index in [1.807, 2.05) is 41.6 Å². The van der Waals surface area contributed by atoms with Gasteiger partial charge in [0.25, 0.3) is 5.91 Å². The number of ether oxygens (including phenoxy) is 1. The second-order valence-electron chi connectivity index (χ2n) is 6.85. The third-order valence-corrected chi connectivity index (χ3v) is 5.77. The van der Waals surface area contributed by atoms with Crippen molar-refractivity contribution in [2.45, 2.75) is 32.3 Å². The van der Waals surface area contributed by atoms with Crippen LogP contribution in [0.3, 0.4) is 0 Å². The molecule has 0 saturated carbocycles. The van der Waals surface area contributed by atoms with Gasteiger partial charge in [-0.2, -0.15) is 16.9 Å². The topological polar surface area (TPSA) is 56.1 Å². The lowest BCUT2D eigenvalue weighted by molar-refractivity contribution is 0.102. The molecule has 1 aromatic heterocycles. The van der Waals surface area contributed by atoms with Crippen LogP contribution in [0, 0.1) is 13.8 Å². The maximum atomic E-state index is 13.1. The largest absolute Gasteiger partial charge is 0.493 e. The second-order valence-corrected chi connectivity index (χ2v) is 7.84. The molecule has 6 heteroatoms. The summed E-state index contributed by atoms with van der Waals surface area (Å²) in [5.74, 6) is 2.87.